The van der Waals surface area contributed by atoms with Crippen LogP contribution in [-0.4, -0.2) is 37.9 Å². The third-order valence-electron chi connectivity index (χ3n) is 2.01. The second-order valence-electron chi connectivity index (χ2n) is 3.50. The lowest BCUT2D eigenvalue weighted by Crippen LogP contribution is -2.36. The average molecular weight is 205 g/mol. The Bertz CT molecular complexity index is 295. The van der Waals surface area contributed by atoms with Gasteiger partial charge >= 0.3 is 0 Å². The lowest BCUT2D eigenvalue weighted by atomic mass is 10.5. The Morgan fingerprint density at radius 3 is 2.54 bits per heavy atom. The van der Waals surface area contributed by atoms with Crippen LogP contribution in [0.15, 0.2) is 0 Å². The van der Waals surface area contributed by atoms with Gasteiger partial charge in [-0.15, -0.1) is 0 Å². The molecule has 0 aliphatic heterocycles. The molecule has 5 nitrogen and oxygen atoms in total. The van der Waals surface area contributed by atoms with Crippen molar-refractivity contribution in [3.05, 3.63) is 0 Å². The highest BCUT2D eigenvalue weighted by Gasteiger charge is 2.30. The fraction of sp³-hybridized carbons (Fsp3) is 0.857. The lowest BCUT2D eigenvalue weighted by molar-refractivity contribution is 0.501. The van der Waals surface area contributed by atoms with Crippen LogP contribution in [0.4, 0.5) is 0 Å². The number of hydrogen-bond acceptors (Lipinski definition) is 3. The van der Waals surface area contributed by atoms with Gasteiger partial charge in [0.05, 0.1) is 12.3 Å². The summed E-state index contributed by atoms with van der Waals surface area (Å²) in [5.74, 6) is 0.415. The van der Waals surface area contributed by atoms with E-state index in [0.29, 0.717) is 5.92 Å². The van der Waals surface area contributed by atoms with Crippen molar-refractivity contribution < 1.29 is 8.42 Å². The fourth-order valence-corrected chi connectivity index (χ4v) is 2.57. The first-order valence-corrected chi connectivity index (χ1v) is 5.79. The maximum Gasteiger partial charge on any atom is 0.214 e. The van der Waals surface area contributed by atoms with E-state index in [4.69, 9.17) is 11.1 Å². The highest BCUT2D eigenvalue weighted by Crippen LogP contribution is 2.30. The number of nitrogens with zero attached hydrogens (tertiary/aromatic N) is 1. The number of likely N-dealkylation sites (N-methyl/N-ethyl adjacent to an activating group) is 1. The van der Waals surface area contributed by atoms with Crippen molar-refractivity contribution in [2.24, 2.45) is 11.7 Å². The molecule has 0 heterocycles. The van der Waals surface area contributed by atoms with Crippen LogP contribution in [-0.2, 0) is 10.0 Å². The molecule has 1 rings (SSSR count). The van der Waals surface area contributed by atoms with E-state index < -0.39 is 10.0 Å². The standard InChI is InChI=1S/C7H15N3O2S/c1-10(4-7(8)9)13(11,12)5-6-2-3-6/h6H,2-5H2,1H3,(H3,8,9). The third-order valence-corrected chi connectivity index (χ3v) is 3.98. The Morgan fingerprint density at radius 2 is 2.15 bits per heavy atom. The highest BCUT2D eigenvalue weighted by molar-refractivity contribution is 7.89. The van der Waals surface area contributed by atoms with Gasteiger partial charge in [0.2, 0.25) is 10.0 Å². The molecule has 0 unspecified atom stereocenters. The van der Waals surface area contributed by atoms with Crippen molar-refractivity contribution in [3.8, 4) is 0 Å². The van der Waals surface area contributed by atoms with Crippen LogP contribution in [0.5, 0.6) is 0 Å². The van der Waals surface area contributed by atoms with Gasteiger partial charge < -0.3 is 5.73 Å². The third kappa shape index (κ3) is 3.31. The molecule has 0 aromatic rings. The van der Waals surface area contributed by atoms with E-state index >= 15 is 0 Å². The van der Waals surface area contributed by atoms with E-state index in [1.165, 1.54) is 7.05 Å². The minimum Gasteiger partial charge on any atom is -0.387 e. The normalized spacial score (nSPS) is 17.7. The van der Waals surface area contributed by atoms with Crippen LogP contribution in [0.1, 0.15) is 12.8 Å². The topological polar surface area (TPSA) is 87.2 Å². The molecule has 6 heteroatoms. The molecule has 1 saturated carbocycles. The predicted molar refractivity (Wildman–Crippen MR) is 51.1 cm³/mol. The number of nitrogens with two attached hydrogens (primary N) is 1. The molecule has 0 amide bonds. The van der Waals surface area contributed by atoms with Gasteiger partial charge in [-0.2, -0.15) is 4.31 Å². The Kier molecular flexibility index (Phi) is 2.92. The molecule has 0 aromatic carbocycles. The molecule has 76 valence electrons. The molecular weight excluding hydrogens is 190 g/mol. The Hall–Kier alpha value is -0.620. The summed E-state index contributed by atoms with van der Waals surface area (Å²) in [4.78, 5) is 0. The first-order chi connectivity index (χ1) is 5.92. The largest absolute Gasteiger partial charge is 0.387 e. The quantitative estimate of drug-likeness (QED) is 0.472. The first kappa shape index (κ1) is 10.5. The molecule has 13 heavy (non-hydrogen) atoms. The van der Waals surface area contributed by atoms with Gasteiger partial charge in [-0.3, -0.25) is 5.41 Å². The van der Waals surface area contributed by atoms with E-state index in [-0.39, 0.29) is 18.1 Å². The Labute approximate surface area is 78.5 Å². The Morgan fingerprint density at radius 1 is 1.62 bits per heavy atom. The van der Waals surface area contributed by atoms with Crippen LogP contribution in [0, 0.1) is 11.3 Å². The van der Waals surface area contributed by atoms with E-state index in [1.807, 2.05) is 0 Å². The first-order valence-electron chi connectivity index (χ1n) is 4.18. The molecule has 1 aliphatic rings. The van der Waals surface area contributed by atoms with Crippen molar-refractivity contribution in [1.29, 1.82) is 5.41 Å². The van der Waals surface area contributed by atoms with Crippen LogP contribution in [0.2, 0.25) is 0 Å². The summed E-state index contributed by atoms with van der Waals surface area (Å²) >= 11 is 0. The summed E-state index contributed by atoms with van der Waals surface area (Å²) in [6, 6.07) is 0. The average Bonchev–Trinajstić information content (AvgIpc) is 2.69. The van der Waals surface area contributed by atoms with Gasteiger partial charge in [0.15, 0.2) is 0 Å². The smallest absolute Gasteiger partial charge is 0.214 e. The molecule has 1 fully saturated rings. The monoisotopic (exact) mass is 205 g/mol. The van der Waals surface area contributed by atoms with Crippen LogP contribution in [0.25, 0.3) is 0 Å². The van der Waals surface area contributed by atoms with E-state index in [0.717, 1.165) is 17.1 Å². The maximum atomic E-state index is 11.5. The van der Waals surface area contributed by atoms with E-state index in [2.05, 4.69) is 0 Å². The molecule has 0 radical (unpaired) electrons. The van der Waals surface area contributed by atoms with Gasteiger partial charge in [0, 0.05) is 7.05 Å². The lowest BCUT2D eigenvalue weighted by Gasteiger charge is -2.15. The second-order valence-corrected chi connectivity index (χ2v) is 5.62. The van der Waals surface area contributed by atoms with Crippen LogP contribution < -0.4 is 5.73 Å². The van der Waals surface area contributed by atoms with Gasteiger partial charge in [-0.1, -0.05) is 0 Å². The van der Waals surface area contributed by atoms with Gasteiger partial charge in [0.1, 0.15) is 5.84 Å². The minimum atomic E-state index is -3.18. The number of nitrogens with one attached hydrogen (secondary N) is 1. The number of amidine groups is 1. The molecule has 0 bridgehead atoms. The molecule has 1 aliphatic carbocycles. The predicted octanol–water partition coefficient (Wildman–Crippen LogP) is -0.406. The number of sulfonamides is 1. The van der Waals surface area contributed by atoms with Crippen LogP contribution in [0.3, 0.4) is 0 Å². The van der Waals surface area contributed by atoms with Crippen molar-refractivity contribution in [3.63, 3.8) is 0 Å². The summed E-state index contributed by atoms with van der Waals surface area (Å²) < 4.78 is 24.1. The van der Waals surface area contributed by atoms with Crippen molar-refractivity contribution in [2.75, 3.05) is 19.3 Å². The minimum absolute atomic E-state index is 0.00491. The second kappa shape index (κ2) is 3.63. The number of rotatable bonds is 5. The summed E-state index contributed by atoms with van der Waals surface area (Å²) in [7, 11) is -1.72. The molecule has 3 N–H and O–H groups in total. The van der Waals surface area contributed by atoms with Gasteiger partial charge in [0.25, 0.3) is 0 Å². The van der Waals surface area contributed by atoms with Crippen molar-refractivity contribution >= 4 is 15.9 Å². The SMILES string of the molecule is CN(CC(=N)N)S(=O)(=O)CC1CC1. The van der Waals surface area contributed by atoms with E-state index in [9.17, 15) is 8.42 Å². The van der Waals surface area contributed by atoms with E-state index in [1.54, 1.807) is 0 Å². The summed E-state index contributed by atoms with van der Waals surface area (Å²) in [5, 5.41) is 6.97. The fourth-order valence-electron chi connectivity index (χ4n) is 1.05. The van der Waals surface area contributed by atoms with Crippen LogP contribution >= 0.6 is 0 Å². The molecule has 0 spiro atoms. The molecular formula is C7H15N3O2S. The summed E-state index contributed by atoms with van der Waals surface area (Å²) in [6.45, 7) is -0.00491. The molecule has 0 aromatic heterocycles. The zero-order chi connectivity index (χ0) is 10.1. The molecule has 0 atom stereocenters. The highest BCUT2D eigenvalue weighted by atomic mass is 32.2. The summed E-state index contributed by atoms with van der Waals surface area (Å²) in [6.07, 6.45) is 2.01. The van der Waals surface area contributed by atoms with Crippen molar-refractivity contribution in [2.45, 2.75) is 12.8 Å². The molecule has 0 saturated heterocycles. The zero-order valence-corrected chi connectivity index (χ0v) is 8.47. The Balaban J connectivity index is 2.51. The zero-order valence-electron chi connectivity index (χ0n) is 7.66. The van der Waals surface area contributed by atoms with Gasteiger partial charge in [-0.25, -0.2) is 8.42 Å². The summed E-state index contributed by atoms with van der Waals surface area (Å²) in [5.41, 5.74) is 5.11. The van der Waals surface area contributed by atoms with Crippen molar-refractivity contribution in [1.82, 2.24) is 4.31 Å². The maximum absolute atomic E-state index is 11.5. The van der Waals surface area contributed by atoms with Gasteiger partial charge in [-0.05, 0) is 18.8 Å². The number of hydrogen-bond donors (Lipinski definition) is 2.